The van der Waals surface area contributed by atoms with Gasteiger partial charge in [0.15, 0.2) is 9.84 Å². The Labute approximate surface area is 128 Å². The van der Waals surface area contributed by atoms with Crippen LogP contribution in [0.1, 0.15) is 17.5 Å². The molecule has 3 rings (SSSR count). The van der Waals surface area contributed by atoms with Crippen LogP contribution in [0.4, 0.5) is 4.39 Å². The maximum absolute atomic E-state index is 12.9. The SMILES string of the molecule is CS(=O)(=O)c1ccc(C2=CCC=C2c2ccc(F)nc2)cc1. The van der Waals surface area contributed by atoms with Crippen LogP contribution in [0.25, 0.3) is 11.1 Å². The third-order valence-corrected chi connectivity index (χ3v) is 4.69. The Kier molecular flexibility index (Phi) is 3.66. The molecule has 0 spiro atoms. The van der Waals surface area contributed by atoms with E-state index in [0.29, 0.717) is 4.90 Å². The van der Waals surface area contributed by atoms with Gasteiger partial charge in [0.25, 0.3) is 0 Å². The minimum Gasteiger partial charge on any atom is -0.228 e. The second-order valence-electron chi connectivity index (χ2n) is 5.14. The van der Waals surface area contributed by atoms with Crippen LogP contribution >= 0.6 is 0 Å². The zero-order valence-electron chi connectivity index (χ0n) is 12.0. The molecule has 0 N–H and O–H groups in total. The zero-order chi connectivity index (χ0) is 15.7. The maximum Gasteiger partial charge on any atom is 0.212 e. The predicted molar refractivity (Wildman–Crippen MR) is 84.3 cm³/mol. The Balaban J connectivity index is 1.95. The van der Waals surface area contributed by atoms with E-state index in [1.807, 2.05) is 0 Å². The lowest BCUT2D eigenvalue weighted by Gasteiger charge is -2.10. The molecule has 0 saturated heterocycles. The summed E-state index contributed by atoms with van der Waals surface area (Å²) in [7, 11) is -3.20. The number of nitrogens with zero attached hydrogens (tertiary/aromatic N) is 1. The largest absolute Gasteiger partial charge is 0.228 e. The molecular formula is C17H14FNO2S. The molecule has 1 aromatic heterocycles. The molecule has 1 heterocycles. The molecular weight excluding hydrogens is 301 g/mol. The lowest BCUT2D eigenvalue weighted by atomic mass is 9.96. The molecule has 1 aliphatic rings. The first kappa shape index (κ1) is 14.7. The zero-order valence-corrected chi connectivity index (χ0v) is 12.8. The normalized spacial score (nSPS) is 14.6. The van der Waals surface area contributed by atoms with Gasteiger partial charge in [0.2, 0.25) is 5.95 Å². The molecule has 0 radical (unpaired) electrons. The fourth-order valence-corrected chi connectivity index (χ4v) is 3.11. The van der Waals surface area contributed by atoms with Crippen LogP contribution in [0.15, 0.2) is 59.6 Å². The van der Waals surface area contributed by atoms with Crippen LogP contribution in [0.3, 0.4) is 0 Å². The second-order valence-corrected chi connectivity index (χ2v) is 7.15. The molecule has 22 heavy (non-hydrogen) atoms. The van der Waals surface area contributed by atoms with E-state index in [1.165, 1.54) is 18.5 Å². The van der Waals surface area contributed by atoms with Crippen molar-refractivity contribution in [1.82, 2.24) is 4.98 Å². The number of hydrogen-bond donors (Lipinski definition) is 0. The number of aromatic nitrogens is 1. The Bertz CT molecular complexity index is 864. The van der Waals surface area contributed by atoms with E-state index in [-0.39, 0.29) is 0 Å². The summed E-state index contributed by atoms with van der Waals surface area (Å²) in [4.78, 5) is 3.98. The van der Waals surface area contributed by atoms with Gasteiger partial charge >= 0.3 is 0 Å². The number of allylic oxidation sites excluding steroid dienone is 4. The summed E-state index contributed by atoms with van der Waals surface area (Å²) in [5.41, 5.74) is 3.77. The van der Waals surface area contributed by atoms with Crippen LogP contribution in [-0.2, 0) is 9.84 Å². The van der Waals surface area contributed by atoms with Crippen LogP contribution in [-0.4, -0.2) is 19.7 Å². The highest BCUT2D eigenvalue weighted by Gasteiger charge is 2.15. The van der Waals surface area contributed by atoms with Crippen molar-refractivity contribution in [2.45, 2.75) is 11.3 Å². The lowest BCUT2D eigenvalue weighted by molar-refractivity contribution is 0.583. The first-order valence-corrected chi connectivity index (χ1v) is 8.67. The van der Waals surface area contributed by atoms with Gasteiger partial charge in [-0.15, -0.1) is 0 Å². The van der Waals surface area contributed by atoms with Crippen molar-refractivity contribution in [3.8, 4) is 0 Å². The summed E-state index contributed by atoms with van der Waals surface area (Å²) >= 11 is 0. The molecule has 0 fully saturated rings. The van der Waals surface area contributed by atoms with Gasteiger partial charge in [-0.25, -0.2) is 13.4 Å². The van der Waals surface area contributed by atoms with Crippen molar-refractivity contribution in [2.24, 2.45) is 0 Å². The predicted octanol–water partition coefficient (Wildman–Crippen LogP) is 3.49. The van der Waals surface area contributed by atoms with E-state index in [4.69, 9.17) is 0 Å². The Morgan fingerprint density at radius 3 is 2.09 bits per heavy atom. The van der Waals surface area contributed by atoms with Gasteiger partial charge in [-0.2, -0.15) is 4.39 Å². The summed E-state index contributed by atoms with van der Waals surface area (Å²) in [6.45, 7) is 0. The highest BCUT2D eigenvalue weighted by atomic mass is 32.2. The Hall–Kier alpha value is -2.27. The van der Waals surface area contributed by atoms with E-state index < -0.39 is 15.8 Å². The first-order chi connectivity index (χ1) is 10.4. The average molecular weight is 315 g/mol. The van der Waals surface area contributed by atoms with Crippen LogP contribution in [0, 0.1) is 5.95 Å². The Morgan fingerprint density at radius 2 is 1.55 bits per heavy atom. The minimum absolute atomic E-state index is 0.295. The molecule has 0 unspecified atom stereocenters. The van der Waals surface area contributed by atoms with Crippen LogP contribution < -0.4 is 0 Å². The van der Waals surface area contributed by atoms with Gasteiger partial charge in [0, 0.05) is 18.0 Å². The topological polar surface area (TPSA) is 47.0 Å². The standard InChI is InChI=1S/C17H14FNO2S/c1-22(20,21)14-8-5-12(6-9-14)15-3-2-4-16(15)13-7-10-17(18)19-11-13/h3-11H,2H2,1H3. The number of sulfone groups is 1. The number of benzene rings is 1. The van der Waals surface area contributed by atoms with Gasteiger partial charge in [-0.3, -0.25) is 0 Å². The quantitative estimate of drug-likeness (QED) is 0.815. The van der Waals surface area contributed by atoms with E-state index in [9.17, 15) is 12.8 Å². The number of halogens is 1. The highest BCUT2D eigenvalue weighted by molar-refractivity contribution is 7.90. The molecule has 1 aliphatic carbocycles. The first-order valence-electron chi connectivity index (χ1n) is 6.78. The van der Waals surface area contributed by atoms with E-state index in [2.05, 4.69) is 17.1 Å². The summed E-state index contributed by atoms with van der Waals surface area (Å²) in [5.74, 6) is -0.509. The maximum atomic E-state index is 12.9. The molecule has 0 aliphatic heterocycles. The van der Waals surface area contributed by atoms with Gasteiger partial charge < -0.3 is 0 Å². The van der Waals surface area contributed by atoms with Crippen molar-refractivity contribution in [3.05, 3.63) is 71.8 Å². The number of pyridine rings is 1. The highest BCUT2D eigenvalue weighted by Crippen LogP contribution is 2.36. The third-order valence-electron chi connectivity index (χ3n) is 3.57. The number of rotatable bonds is 3. The summed E-state index contributed by atoms with van der Waals surface area (Å²) in [5, 5.41) is 0. The van der Waals surface area contributed by atoms with E-state index >= 15 is 0 Å². The summed E-state index contributed by atoms with van der Waals surface area (Å²) in [6, 6.07) is 9.81. The van der Waals surface area contributed by atoms with Crippen molar-refractivity contribution < 1.29 is 12.8 Å². The molecule has 1 aromatic carbocycles. The molecule has 112 valence electrons. The minimum atomic E-state index is -3.20. The van der Waals surface area contributed by atoms with Crippen molar-refractivity contribution in [1.29, 1.82) is 0 Å². The molecule has 0 saturated carbocycles. The molecule has 0 amide bonds. The third kappa shape index (κ3) is 2.85. The van der Waals surface area contributed by atoms with Crippen LogP contribution in [0.5, 0.6) is 0 Å². The molecule has 0 atom stereocenters. The molecule has 3 nitrogen and oxygen atoms in total. The number of hydrogen-bond acceptors (Lipinski definition) is 3. The van der Waals surface area contributed by atoms with Gasteiger partial charge in [0.05, 0.1) is 4.90 Å². The molecule has 2 aromatic rings. The average Bonchev–Trinajstić information content (AvgIpc) is 2.97. The van der Waals surface area contributed by atoms with Crippen molar-refractivity contribution >= 4 is 21.0 Å². The lowest BCUT2D eigenvalue weighted by Crippen LogP contribution is -1.97. The Morgan fingerprint density at radius 1 is 0.955 bits per heavy atom. The van der Waals surface area contributed by atoms with E-state index in [1.54, 1.807) is 30.3 Å². The fourth-order valence-electron chi connectivity index (χ4n) is 2.48. The fraction of sp³-hybridized carbons (Fsp3) is 0.118. The molecule has 5 heteroatoms. The van der Waals surface area contributed by atoms with Crippen LogP contribution in [0.2, 0.25) is 0 Å². The smallest absolute Gasteiger partial charge is 0.212 e. The summed E-state index contributed by atoms with van der Waals surface area (Å²) < 4.78 is 36.0. The molecule has 0 bridgehead atoms. The summed E-state index contributed by atoms with van der Waals surface area (Å²) in [6.07, 6.45) is 7.59. The van der Waals surface area contributed by atoms with E-state index in [0.717, 1.165) is 28.7 Å². The van der Waals surface area contributed by atoms with Gasteiger partial charge in [-0.1, -0.05) is 24.3 Å². The van der Waals surface area contributed by atoms with Crippen molar-refractivity contribution in [2.75, 3.05) is 6.26 Å². The van der Waals surface area contributed by atoms with Gasteiger partial charge in [0.1, 0.15) is 0 Å². The monoisotopic (exact) mass is 315 g/mol. The van der Waals surface area contributed by atoms with Gasteiger partial charge in [-0.05, 0) is 47.4 Å². The van der Waals surface area contributed by atoms with Crippen molar-refractivity contribution in [3.63, 3.8) is 0 Å². The second kappa shape index (κ2) is 5.50.